The number of para-hydroxylation sites is 2. The number of aryl methyl sites for hydroxylation is 2. The van der Waals surface area contributed by atoms with Gasteiger partial charge in [0.1, 0.15) is 5.75 Å². The van der Waals surface area contributed by atoms with Crippen molar-refractivity contribution in [3.8, 4) is 5.75 Å². The van der Waals surface area contributed by atoms with Crippen molar-refractivity contribution in [2.24, 2.45) is 25.0 Å². The lowest BCUT2D eigenvalue weighted by atomic mass is 10.2. The maximum atomic E-state index is 5.95. The van der Waals surface area contributed by atoms with Crippen molar-refractivity contribution in [1.29, 1.82) is 0 Å². The highest BCUT2D eigenvalue weighted by atomic mass is 16.5. The van der Waals surface area contributed by atoms with Crippen molar-refractivity contribution in [2.45, 2.75) is 6.61 Å². The Labute approximate surface area is 146 Å². The van der Waals surface area contributed by atoms with Crippen LogP contribution >= 0.6 is 0 Å². The van der Waals surface area contributed by atoms with Crippen molar-refractivity contribution >= 4 is 23.6 Å². The van der Waals surface area contributed by atoms with Crippen molar-refractivity contribution < 1.29 is 14.4 Å². The molecule has 25 heavy (non-hydrogen) atoms. The molecule has 1 heterocycles. The summed E-state index contributed by atoms with van der Waals surface area (Å²) in [5, 5.41) is 6.32. The van der Waals surface area contributed by atoms with Gasteiger partial charge in [0.15, 0.2) is 17.6 Å². The number of hydrazine groups is 1. The van der Waals surface area contributed by atoms with Gasteiger partial charge < -0.3 is 4.74 Å². The Morgan fingerprint density at radius 3 is 2.72 bits per heavy atom. The highest BCUT2D eigenvalue weighted by Gasteiger charge is 2.19. The second kappa shape index (κ2) is 7.48. The minimum Gasteiger partial charge on any atom is -0.481 e. The SMILES string of the molecule is Cn1c(COc2ccc(/C=N\NC=[NH+]N)cc2)[n+](C)c2ccccc21. The maximum absolute atomic E-state index is 5.95. The normalized spacial score (nSPS) is 11.6. The van der Waals surface area contributed by atoms with Crippen LogP contribution in [0.4, 0.5) is 0 Å². The number of hydrogen-bond acceptors (Lipinski definition) is 3. The fourth-order valence-corrected chi connectivity index (χ4v) is 2.71. The van der Waals surface area contributed by atoms with Crippen LogP contribution in [-0.4, -0.2) is 17.1 Å². The molecule has 0 radical (unpaired) electrons. The molecule has 0 unspecified atom stereocenters. The first-order valence-electron chi connectivity index (χ1n) is 7.92. The zero-order chi connectivity index (χ0) is 17.6. The molecule has 2 aromatic carbocycles. The predicted octanol–water partition coefficient (Wildman–Crippen LogP) is -0.512. The molecule has 0 saturated carbocycles. The van der Waals surface area contributed by atoms with Crippen LogP contribution < -0.4 is 25.7 Å². The lowest BCUT2D eigenvalue weighted by Gasteiger charge is -2.04. The summed E-state index contributed by atoms with van der Waals surface area (Å²) in [6, 6.07) is 16.0. The third kappa shape index (κ3) is 3.60. The topological polar surface area (TPSA) is 82.4 Å². The minimum absolute atomic E-state index is 0.494. The van der Waals surface area contributed by atoms with E-state index < -0.39 is 0 Å². The fourth-order valence-electron chi connectivity index (χ4n) is 2.71. The van der Waals surface area contributed by atoms with Gasteiger partial charge in [0.05, 0.1) is 20.3 Å². The quantitative estimate of drug-likeness (QED) is 0.186. The lowest BCUT2D eigenvalue weighted by Crippen LogP contribution is -2.78. The molecular formula is C18H22N6O+2. The highest BCUT2D eigenvalue weighted by Crippen LogP contribution is 2.16. The van der Waals surface area contributed by atoms with E-state index >= 15 is 0 Å². The molecular weight excluding hydrogens is 316 g/mol. The first kappa shape index (κ1) is 16.5. The maximum Gasteiger partial charge on any atom is 0.295 e. The van der Waals surface area contributed by atoms with Gasteiger partial charge in [-0.15, -0.1) is 0 Å². The first-order valence-corrected chi connectivity index (χ1v) is 7.92. The lowest BCUT2D eigenvalue weighted by molar-refractivity contribution is -0.655. The number of nitrogens with one attached hydrogen (secondary N) is 2. The van der Waals surface area contributed by atoms with Crippen LogP contribution in [0.25, 0.3) is 11.0 Å². The molecule has 3 rings (SSSR count). The minimum atomic E-state index is 0.494. The Bertz CT molecular complexity index is 872. The predicted molar refractivity (Wildman–Crippen MR) is 96.8 cm³/mol. The molecule has 4 N–H and O–H groups in total. The number of nitrogens with zero attached hydrogens (tertiary/aromatic N) is 3. The summed E-state index contributed by atoms with van der Waals surface area (Å²) < 4.78 is 10.3. The van der Waals surface area contributed by atoms with Crippen LogP contribution in [0.3, 0.4) is 0 Å². The smallest absolute Gasteiger partial charge is 0.295 e. The Kier molecular flexibility index (Phi) is 4.94. The van der Waals surface area contributed by atoms with Crippen LogP contribution in [0, 0.1) is 0 Å². The van der Waals surface area contributed by atoms with E-state index in [-0.39, 0.29) is 0 Å². The van der Waals surface area contributed by atoms with E-state index in [0.29, 0.717) is 6.61 Å². The van der Waals surface area contributed by atoms with E-state index in [0.717, 1.165) is 17.1 Å². The van der Waals surface area contributed by atoms with Gasteiger partial charge in [-0.3, -0.25) is 5.84 Å². The number of rotatable bonds is 6. The standard InChI is InChI=1S/C18H21N6O/c1-23-16-5-3-4-6-17(16)24(2)18(23)12-25-15-9-7-14(8-10-15)11-21-22-13-20-19/h3-11,13H,12,19H2,1-2H3,(H,20,22)/q+1/p+1/b21-11-. The first-order chi connectivity index (χ1) is 12.2. The van der Waals surface area contributed by atoms with Crippen molar-refractivity contribution in [3.63, 3.8) is 0 Å². The third-order valence-corrected chi connectivity index (χ3v) is 4.06. The Morgan fingerprint density at radius 2 is 2.00 bits per heavy atom. The van der Waals surface area contributed by atoms with E-state index in [9.17, 15) is 0 Å². The average molecular weight is 338 g/mol. The van der Waals surface area contributed by atoms with Gasteiger partial charge in [0.25, 0.3) is 12.2 Å². The molecule has 3 aromatic rings. The van der Waals surface area contributed by atoms with Gasteiger partial charge in [-0.1, -0.05) is 17.2 Å². The molecule has 0 aliphatic rings. The molecule has 128 valence electrons. The summed E-state index contributed by atoms with van der Waals surface area (Å²) in [4.78, 5) is 0. The van der Waals surface area contributed by atoms with Crippen LogP contribution in [0.1, 0.15) is 11.4 Å². The van der Waals surface area contributed by atoms with Crippen molar-refractivity contribution in [3.05, 3.63) is 59.9 Å². The van der Waals surface area contributed by atoms with Crippen LogP contribution in [0.2, 0.25) is 0 Å². The molecule has 0 amide bonds. The van der Waals surface area contributed by atoms with Crippen molar-refractivity contribution in [1.82, 2.24) is 9.99 Å². The Balaban J connectivity index is 1.69. The molecule has 0 fully saturated rings. The fraction of sp³-hybridized carbons (Fsp3) is 0.167. The van der Waals surface area contributed by atoms with Gasteiger partial charge in [0, 0.05) is 0 Å². The molecule has 1 aromatic heterocycles. The van der Waals surface area contributed by atoms with Gasteiger partial charge in [-0.2, -0.15) is 10.5 Å². The molecule has 0 aliphatic carbocycles. The number of aromatic nitrogens is 2. The molecule has 7 nitrogen and oxygen atoms in total. The van der Waals surface area contributed by atoms with Crippen LogP contribution in [0.5, 0.6) is 5.75 Å². The van der Waals surface area contributed by atoms with E-state index in [1.54, 1.807) is 6.21 Å². The molecule has 0 atom stereocenters. The van der Waals surface area contributed by atoms with Gasteiger partial charge in [-0.25, -0.2) is 9.13 Å². The Hall–Kier alpha value is -3.35. The van der Waals surface area contributed by atoms with Gasteiger partial charge in [0.2, 0.25) is 0 Å². The zero-order valence-corrected chi connectivity index (χ0v) is 14.3. The molecule has 0 bridgehead atoms. The second-order valence-corrected chi connectivity index (χ2v) is 5.58. The number of hydrazone groups is 2. The van der Waals surface area contributed by atoms with E-state index in [1.807, 2.05) is 36.4 Å². The Morgan fingerprint density at radius 1 is 1.24 bits per heavy atom. The second-order valence-electron chi connectivity index (χ2n) is 5.58. The number of hydrogen-bond donors (Lipinski definition) is 3. The number of imidazole rings is 1. The van der Waals surface area contributed by atoms with E-state index in [1.165, 1.54) is 17.4 Å². The van der Waals surface area contributed by atoms with E-state index in [4.69, 9.17) is 10.6 Å². The number of nitrogens with two attached hydrogens (primary N) is 1. The van der Waals surface area contributed by atoms with Gasteiger partial charge in [-0.05, 0) is 42.0 Å². The summed E-state index contributed by atoms with van der Waals surface area (Å²) in [6.07, 6.45) is 3.12. The third-order valence-electron chi connectivity index (χ3n) is 4.06. The average Bonchev–Trinajstić information content (AvgIpc) is 2.89. The molecule has 7 heteroatoms. The summed E-state index contributed by atoms with van der Waals surface area (Å²) in [7, 11) is 4.11. The zero-order valence-electron chi connectivity index (χ0n) is 14.3. The molecule has 0 spiro atoms. The number of benzene rings is 2. The summed E-state index contributed by atoms with van der Waals surface area (Å²) in [6.45, 7) is 0.494. The van der Waals surface area contributed by atoms with Gasteiger partial charge >= 0.3 is 0 Å². The summed E-state index contributed by atoms with van der Waals surface area (Å²) >= 11 is 0. The number of ether oxygens (including phenoxy) is 1. The van der Waals surface area contributed by atoms with Crippen molar-refractivity contribution in [2.75, 3.05) is 0 Å². The monoisotopic (exact) mass is 338 g/mol. The summed E-state index contributed by atoms with van der Waals surface area (Å²) in [5.74, 6) is 7.00. The molecule has 0 saturated heterocycles. The van der Waals surface area contributed by atoms with Crippen LogP contribution in [0.15, 0.2) is 53.6 Å². The van der Waals surface area contributed by atoms with Crippen LogP contribution in [-0.2, 0) is 20.7 Å². The largest absolute Gasteiger partial charge is 0.481 e. The highest BCUT2D eigenvalue weighted by molar-refractivity contribution is 5.80. The summed E-state index contributed by atoms with van der Waals surface area (Å²) in [5.41, 5.74) is 5.97. The molecule has 0 aliphatic heterocycles. The number of fused-ring (bicyclic) bond motifs is 1. The van der Waals surface area contributed by atoms with E-state index in [2.05, 4.69) is 51.0 Å².